The van der Waals surface area contributed by atoms with Crippen LogP contribution in [0.1, 0.15) is 5.56 Å². The molecule has 21 heavy (non-hydrogen) atoms. The molecule has 110 valence electrons. The third-order valence-corrected chi connectivity index (χ3v) is 2.95. The number of hydrogen-bond donors (Lipinski definition) is 2. The molecule has 2 N–H and O–H groups in total. The van der Waals surface area contributed by atoms with E-state index in [0.29, 0.717) is 17.5 Å². The first-order chi connectivity index (χ1) is 9.99. The monoisotopic (exact) mass is 289 g/mol. The number of phenolic OH excluding ortho intramolecular Hbond substituents is 1. The normalized spacial score (nSPS) is 10.9. The van der Waals surface area contributed by atoms with E-state index in [2.05, 4.69) is 6.58 Å². The maximum Gasteiger partial charge on any atom is 0.336 e. The molecule has 0 radical (unpaired) electrons. The van der Waals surface area contributed by atoms with Crippen LogP contribution in [0.5, 0.6) is 5.75 Å². The second kappa shape index (κ2) is 6.23. The molecule has 2 rings (SSSR count). The number of fused-ring (bicyclic) bond motifs is 1. The number of carboxylic acids is 1. The average molecular weight is 289 g/mol. The number of carbonyl (C=O) groups is 1. The number of nitrogens with zero attached hydrogens (tertiary/aromatic N) is 1. The van der Waals surface area contributed by atoms with Gasteiger partial charge < -0.3 is 14.6 Å². The molecule has 6 heteroatoms. The van der Waals surface area contributed by atoms with Gasteiger partial charge in [0.2, 0.25) is 0 Å². The van der Waals surface area contributed by atoms with Gasteiger partial charge in [-0.3, -0.25) is 9.69 Å². The molecule has 0 amide bonds. The summed E-state index contributed by atoms with van der Waals surface area (Å²) in [6.45, 7) is 4.08. The van der Waals surface area contributed by atoms with Crippen LogP contribution in [0.25, 0.3) is 11.0 Å². The van der Waals surface area contributed by atoms with Crippen LogP contribution < -0.4 is 5.63 Å². The van der Waals surface area contributed by atoms with Crippen LogP contribution in [-0.4, -0.2) is 34.2 Å². The number of aromatic hydroxyl groups is 1. The molecule has 0 atom stereocenters. The zero-order valence-corrected chi connectivity index (χ0v) is 11.3. The Hall–Kier alpha value is -2.60. The van der Waals surface area contributed by atoms with Gasteiger partial charge in [0.15, 0.2) is 0 Å². The molecular weight excluding hydrogens is 274 g/mol. The van der Waals surface area contributed by atoms with Crippen molar-refractivity contribution in [2.45, 2.75) is 6.54 Å². The Kier molecular flexibility index (Phi) is 4.39. The van der Waals surface area contributed by atoms with Crippen molar-refractivity contribution in [2.75, 3.05) is 13.1 Å². The molecule has 0 aliphatic rings. The van der Waals surface area contributed by atoms with Crippen molar-refractivity contribution >= 4 is 16.9 Å². The summed E-state index contributed by atoms with van der Waals surface area (Å²) in [4.78, 5) is 24.1. The van der Waals surface area contributed by atoms with E-state index in [1.54, 1.807) is 17.0 Å². The molecule has 0 aliphatic heterocycles. The van der Waals surface area contributed by atoms with Crippen LogP contribution in [0.2, 0.25) is 0 Å². The number of hydrogen-bond acceptors (Lipinski definition) is 5. The standard InChI is InChI=1S/C15H15NO5/c1-2-5-16(9-14(18)19)8-10-6-15(20)21-13-7-11(17)3-4-12(10)13/h2-4,6-7,17H,1,5,8-9H2,(H,18,19). The van der Waals surface area contributed by atoms with Gasteiger partial charge in [0.1, 0.15) is 11.3 Å². The number of aliphatic carboxylic acids is 1. The second-order valence-electron chi connectivity index (χ2n) is 4.62. The van der Waals surface area contributed by atoms with E-state index >= 15 is 0 Å². The van der Waals surface area contributed by atoms with Gasteiger partial charge >= 0.3 is 11.6 Å². The highest BCUT2D eigenvalue weighted by atomic mass is 16.4. The van der Waals surface area contributed by atoms with Crippen molar-refractivity contribution in [1.29, 1.82) is 0 Å². The molecule has 1 heterocycles. The van der Waals surface area contributed by atoms with Gasteiger partial charge in [-0.1, -0.05) is 6.08 Å². The lowest BCUT2D eigenvalue weighted by atomic mass is 10.1. The summed E-state index contributed by atoms with van der Waals surface area (Å²) in [7, 11) is 0. The maximum atomic E-state index is 11.6. The van der Waals surface area contributed by atoms with Gasteiger partial charge in [-0.2, -0.15) is 0 Å². The van der Waals surface area contributed by atoms with Crippen molar-refractivity contribution in [3.8, 4) is 5.75 Å². The van der Waals surface area contributed by atoms with Gasteiger partial charge in [0.05, 0.1) is 6.54 Å². The van der Waals surface area contributed by atoms with E-state index in [-0.39, 0.29) is 24.4 Å². The largest absolute Gasteiger partial charge is 0.508 e. The molecule has 0 saturated heterocycles. The first-order valence-electron chi connectivity index (χ1n) is 6.30. The molecular formula is C15H15NO5. The zero-order valence-electron chi connectivity index (χ0n) is 11.3. The van der Waals surface area contributed by atoms with Gasteiger partial charge in [0.25, 0.3) is 0 Å². The molecule has 0 spiro atoms. The maximum absolute atomic E-state index is 11.6. The Bertz CT molecular complexity index is 734. The Labute approximate surface area is 120 Å². The number of benzene rings is 1. The molecule has 1 aromatic carbocycles. The second-order valence-corrected chi connectivity index (χ2v) is 4.62. The zero-order chi connectivity index (χ0) is 15.4. The topological polar surface area (TPSA) is 91.0 Å². The van der Waals surface area contributed by atoms with Gasteiger partial charge in [0, 0.05) is 30.6 Å². The van der Waals surface area contributed by atoms with E-state index < -0.39 is 11.6 Å². The highest BCUT2D eigenvalue weighted by Gasteiger charge is 2.13. The summed E-state index contributed by atoms with van der Waals surface area (Å²) >= 11 is 0. The van der Waals surface area contributed by atoms with Crippen LogP contribution in [0.4, 0.5) is 0 Å². The van der Waals surface area contributed by atoms with Crippen LogP contribution in [0.15, 0.2) is 46.1 Å². The minimum absolute atomic E-state index is 0.00344. The lowest BCUT2D eigenvalue weighted by Crippen LogP contribution is -2.29. The predicted molar refractivity (Wildman–Crippen MR) is 77.3 cm³/mol. The van der Waals surface area contributed by atoms with Gasteiger partial charge in [-0.15, -0.1) is 6.58 Å². The van der Waals surface area contributed by atoms with Crippen molar-refractivity contribution in [3.63, 3.8) is 0 Å². The van der Waals surface area contributed by atoms with Crippen molar-refractivity contribution in [1.82, 2.24) is 4.90 Å². The molecule has 0 unspecified atom stereocenters. The van der Waals surface area contributed by atoms with E-state index in [1.165, 1.54) is 18.2 Å². The molecule has 0 saturated carbocycles. The summed E-state index contributed by atoms with van der Waals surface area (Å²) in [6, 6.07) is 5.81. The fraction of sp³-hybridized carbons (Fsp3) is 0.200. The Morgan fingerprint density at radius 2 is 2.14 bits per heavy atom. The highest BCUT2D eigenvalue weighted by Crippen LogP contribution is 2.22. The molecule has 6 nitrogen and oxygen atoms in total. The highest BCUT2D eigenvalue weighted by molar-refractivity contribution is 5.81. The molecule has 2 aromatic rings. The van der Waals surface area contributed by atoms with E-state index in [4.69, 9.17) is 9.52 Å². The lowest BCUT2D eigenvalue weighted by Gasteiger charge is -2.18. The first-order valence-corrected chi connectivity index (χ1v) is 6.30. The van der Waals surface area contributed by atoms with E-state index in [9.17, 15) is 14.7 Å². The SMILES string of the molecule is C=CCN(CC(=O)O)Cc1cc(=O)oc2cc(O)ccc12. The molecule has 0 bridgehead atoms. The summed E-state index contributed by atoms with van der Waals surface area (Å²) in [6.07, 6.45) is 1.60. The predicted octanol–water partition coefficient (Wildman–Crippen LogP) is 1.57. The molecule has 0 fully saturated rings. The third kappa shape index (κ3) is 3.70. The third-order valence-electron chi connectivity index (χ3n) is 2.95. The number of phenols is 1. The van der Waals surface area contributed by atoms with E-state index in [1.807, 2.05) is 0 Å². The van der Waals surface area contributed by atoms with Crippen molar-refractivity contribution < 1.29 is 19.4 Å². The fourth-order valence-electron chi connectivity index (χ4n) is 2.15. The summed E-state index contributed by atoms with van der Waals surface area (Å²) in [5.74, 6) is -0.960. The molecule has 1 aromatic heterocycles. The average Bonchev–Trinajstić information content (AvgIpc) is 2.37. The Balaban J connectivity index is 2.42. The van der Waals surface area contributed by atoms with Crippen LogP contribution in [0.3, 0.4) is 0 Å². The number of carboxylic acid groups (broad SMARTS) is 1. The van der Waals surface area contributed by atoms with Gasteiger partial charge in [-0.05, 0) is 17.7 Å². The van der Waals surface area contributed by atoms with Crippen molar-refractivity contribution in [3.05, 3.63) is 52.9 Å². The van der Waals surface area contributed by atoms with Crippen LogP contribution >= 0.6 is 0 Å². The van der Waals surface area contributed by atoms with E-state index in [0.717, 1.165) is 0 Å². The lowest BCUT2D eigenvalue weighted by molar-refractivity contribution is -0.138. The van der Waals surface area contributed by atoms with Crippen LogP contribution in [-0.2, 0) is 11.3 Å². The first kappa shape index (κ1) is 14.8. The van der Waals surface area contributed by atoms with Crippen molar-refractivity contribution in [2.24, 2.45) is 0 Å². The fourth-order valence-corrected chi connectivity index (χ4v) is 2.15. The number of rotatable bonds is 6. The quantitative estimate of drug-likeness (QED) is 0.619. The summed E-state index contributed by atoms with van der Waals surface area (Å²) < 4.78 is 5.04. The Morgan fingerprint density at radius 1 is 1.38 bits per heavy atom. The summed E-state index contributed by atoms with van der Waals surface area (Å²) in [5.41, 5.74) is 0.368. The Morgan fingerprint density at radius 3 is 2.81 bits per heavy atom. The minimum Gasteiger partial charge on any atom is -0.508 e. The minimum atomic E-state index is -0.957. The molecule has 0 aliphatic carbocycles. The summed E-state index contributed by atoms with van der Waals surface area (Å²) in [5, 5.41) is 19.0. The van der Waals surface area contributed by atoms with Gasteiger partial charge in [-0.25, -0.2) is 4.79 Å². The van der Waals surface area contributed by atoms with Crippen LogP contribution in [0, 0.1) is 0 Å². The smallest absolute Gasteiger partial charge is 0.336 e.